The van der Waals surface area contributed by atoms with Crippen molar-refractivity contribution in [2.75, 3.05) is 14.2 Å². The van der Waals surface area contributed by atoms with Gasteiger partial charge < -0.3 is 14.7 Å². The van der Waals surface area contributed by atoms with Crippen molar-refractivity contribution in [1.29, 1.82) is 0 Å². The fraction of sp³-hybridized carbons (Fsp3) is 0.462. The highest BCUT2D eigenvalue weighted by atomic mass is 16.5. The predicted molar refractivity (Wildman–Crippen MR) is 67.5 cm³/mol. The molecule has 0 radical (unpaired) electrons. The fourth-order valence-corrected chi connectivity index (χ4v) is 1.67. The second kappa shape index (κ2) is 6.13. The van der Waals surface area contributed by atoms with Crippen LogP contribution in [-0.4, -0.2) is 25.1 Å². The van der Waals surface area contributed by atoms with E-state index >= 15 is 0 Å². The molecular weight excluding hydrogens is 218 g/mol. The van der Waals surface area contributed by atoms with Crippen molar-refractivity contribution in [3.63, 3.8) is 0 Å². The molecule has 1 rings (SSSR count). The standard InChI is InChI=1S/C13H19NO3/c1-9-7-13(17-4)11(8-12(9)16-3)6-5-10(2)14-15/h7-8,15H,5-6H2,1-4H3/b14-10-. The van der Waals surface area contributed by atoms with Crippen LogP contribution in [0.1, 0.15) is 24.5 Å². The third-order valence-corrected chi connectivity index (χ3v) is 2.72. The Balaban J connectivity index is 2.96. The Bertz CT molecular complexity index is 413. The van der Waals surface area contributed by atoms with Crippen LogP contribution in [0.25, 0.3) is 0 Å². The first-order valence-corrected chi connectivity index (χ1v) is 5.51. The van der Waals surface area contributed by atoms with Gasteiger partial charge in [-0.3, -0.25) is 0 Å². The Labute approximate surface area is 102 Å². The van der Waals surface area contributed by atoms with Gasteiger partial charge in [0.05, 0.1) is 19.9 Å². The van der Waals surface area contributed by atoms with Gasteiger partial charge in [0.25, 0.3) is 0 Å². The molecule has 0 fully saturated rings. The molecule has 94 valence electrons. The molecule has 0 aromatic heterocycles. The molecule has 0 atom stereocenters. The lowest BCUT2D eigenvalue weighted by atomic mass is 10.0. The smallest absolute Gasteiger partial charge is 0.122 e. The average Bonchev–Trinajstić information content (AvgIpc) is 2.36. The molecular formula is C13H19NO3. The van der Waals surface area contributed by atoms with Crippen molar-refractivity contribution in [1.82, 2.24) is 0 Å². The van der Waals surface area contributed by atoms with Crippen LogP contribution in [0, 0.1) is 6.92 Å². The summed E-state index contributed by atoms with van der Waals surface area (Å²) in [5.41, 5.74) is 2.80. The number of rotatable bonds is 5. The summed E-state index contributed by atoms with van der Waals surface area (Å²) in [7, 11) is 3.30. The van der Waals surface area contributed by atoms with Gasteiger partial charge in [0, 0.05) is 0 Å². The molecule has 0 heterocycles. The molecule has 1 aromatic carbocycles. The summed E-state index contributed by atoms with van der Waals surface area (Å²) < 4.78 is 10.6. The minimum absolute atomic E-state index is 0.694. The summed E-state index contributed by atoms with van der Waals surface area (Å²) in [6, 6.07) is 3.93. The van der Waals surface area contributed by atoms with E-state index in [2.05, 4.69) is 5.16 Å². The zero-order valence-corrected chi connectivity index (χ0v) is 10.8. The Kier molecular flexibility index (Phi) is 4.82. The summed E-state index contributed by atoms with van der Waals surface area (Å²) >= 11 is 0. The molecule has 4 nitrogen and oxygen atoms in total. The molecule has 4 heteroatoms. The van der Waals surface area contributed by atoms with Crippen LogP contribution in [0.5, 0.6) is 11.5 Å². The van der Waals surface area contributed by atoms with E-state index in [-0.39, 0.29) is 0 Å². The molecule has 1 N–H and O–H groups in total. The fourth-order valence-electron chi connectivity index (χ4n) is 1.67. The van der Waals surface area contributed by atoms with Crippen LogP contribution in [0.15, 0.2) is 17.3 Å². The number of benzene rings is 1. The largest absolute Gasteiger partial charge is 0.496 e. The third-order valence-electron chi connectivity index (χ3n) is 2.72. The summed E-state index contributed by atoms with van der Waals surface area (Å²) in [6.07, 6.45) is 1.45. The Morgan fingerprint density at radius 3 is 2.41 bits per heavy atom. The SMILES string of the molecule is COc1cc(CC/C(C)=N\O)c(OC)cc1C. The van der Waals surface area contributed by atoms with Gasteiger partial charge in [-0.1, -0.05) is 5.16 Å². The molecule has 1 aromatic rings. The number of ether oxygens (including phenoxy) is 2. The number of aryl methyl sites for hydroxylation is 2. The van der Waals surface area contributed by atoms with Crippen LogP contribution >= 0.6 is 0 Å². The normalized spacial score (nSPS) is 11.4. The monoisotopic (exact) mass is 237 g/mol. The minimum Gasteiger partial charge on any atom is -0.496 e. The predicted octanol–water partition coefficient (Wildman–Crippen LogP) is 2.79. The average molecular weight is 237 g/mol. The first-order chi connectivity index (χ1) is 8.12. The van der Waals surface area contributed by atoms with Crippen molar-refractivity contribution in [3.8, 4) is 11.5 Å². The van der Waals surface area contributed by atoms with Crippen LogP contribution in [-0.2, 0) is 6.42 Å². The lowest BCUT2D eigenvalue weighted by Gasteiger charge is -2.12. The van der Waals surface area contributed by atoms with Crippen molar-refractivity contribution < 1.29 is 14.7 Å². The third kappa shape index (κ3) is 3.37. The molecule has 0 spiro atoms. The van der Waals surface area contributed by atoms with E-state index in [1.165, 1.54) is 0 Å². The van der Waals surface area contributed by atoms with Crippen molar-refractivity contribution in [2.45, 2.75) is 26.7 Å². The second-order valence-electron chi connectivity index (χ2n) is 3.97. The molecule has 0 bridgehead atoms. The maximum absolute atomic E-state index is 8.62. The number of oxime groups is 1. The zero-order valence-electron chi connectivity index (χ0n) is 10.8. The van der Waals surface area contributed by atoms with E-state index < -0.39 is 0 Å². The summed E-state index contributed by atoms with van der Waals surface area (Å²) in [5, 5.41) is 11.8. The maximum Gasteiger partial charge on any atom is 0.122 e. The lowest BCUT2D eigenvalue weighted by molar-refractivity contribution is 0.317. The van der Waals surface area contributed by atoms with E-state index in [0.717, 1.165) is 29.0 Å². The van der Waals surface area contributed by atoms with Gasteiger partial charge in [0.1, 0.15) is 11.5 Å². The number of hydrogen-bond acceptors (Lipinski definition) is 4. The van der Waals surface area contributed by atoms with Gasteiger partial charge >= 0.3 is 0 Å². The van der Waals surface area contributed by atoms with Gasteiger partial charge in [0.15, 0.2) is 0 Å². The lowest BCUT2D eigenvalue weighted by Crippen LogP contribution is -1.99. The topological polar surface area (TPSA) is 51.0 Å². The molecule has 0 amide bonds. The van der Waals surface area contributed by atoms with Gasteiger partial charge in [-0.15, -0.1) is 0 Å². The molecule has 0 saturated carbocycles. The van der Waals surface area contributed by atoms with E-state index in [0.29, 0.717) is 12.1 Å². The molecule has 17 heavy (non-hydrogen) atoms. The van der Waals surface area contributed by atoms with Crippen LogP contribution < -0.4 is 9.47 Å². The van der Waals surface area contributed by atoms with Crippen LogP contribution in [0.4, 0.5) is 0 Å². The van der Waals surface area contributed by atoms with E-state index in [4.69, 9.17) is 14.7 Å². The highest BCUT2D eigenvalue weighted by Gasteiger charge is 2.08. The minimum atomic E-state index is 0.694. The zero-order chi connectivity index (χ0) is 12.8. The summed E-state index contributed by atoms with van der Waals surface area (Å²) in [4.78, 5) is 0. The number of methoxy groups -OCH3 is 2. The maximum atomic E-state index is 8.62. The van der Waals surface area contributed by atoms with Gasteiger partial charge in [-0.2, -0.15) is 0 Å². The second-order valence-corrected chi connectivity index (χ2v) is 3.97. The van der Waals surface area contributed by atoms with E-state index in [1.54, 1.807) is 21.1 Å². The molecule has 0 aliphatic rings. The van der Waals surface area contributed by atoms with Crippen molar-refractivity contribution in [2.24, 2.45) is 5.16 Å². The van der Waals surface area contributed by atoms with Gasteiger partial charge in [0.2, 0.25) is 0 Å². The van der Waals surface area contributed by atoms with Gasteiger partial charge in [-0.05, 0) is 49.9 Å². The number of hydrogen-bond donors (Lipinski definition) is 1. The first-order valence-electron chi connectivity index (χ1n) is 5.51. The van der Waals surface area contributed by atoms with Crippen molar-refractivity contribution in [3.05, 3.63) is 23.3 Å². The molecule has 0 aliphatic heterocycles. The van der Waals surface area contributed by atoms with Crippen LogP contribution in [0.3, 0.4) is 0 Å². The molecule has 0 saturated heterocycles. The quantitative estimate of drug-likeness (QED) is 0.486. The van der Waals surface area contributed by atoms with E-state index in [1.807, 2.05) is 19.1 Å². The van der Waals surface area contributed by atoms with Gasteiger partial charge in [-0.25, -0.2) is 0 Å². The summed E-state index contributed by atoms with van der Waals surface area (Å²) in [6.45, 7) is 3.77. The Morgan fingerprint density at radius 1 is 1.24 bits per heavy atom. The van der Waals surface area contributed by atoms with E-state index in [9.17, 15) is 0 Å². The highest BCUT2D eigenvalue weighted by molar-refractivity contribution is 5.81. The van der Waals surface area contributed by atoms with Crippen LogP contribution in [0.2, 0.25) is 0 Å². The summed E-state index contributed by atoms with van der Waals surface area (Å²) in [5.74, 6) is 1.69. The molecule has 0 unspecified atom stereocenters. The number of nitrogens with zero attached hydrogens (tertiary/aromatic N) is 1. The first kappa shape index (κ1) is 13.4. The van der Waals surface area contributed by atoms with Crippen molar-refractivity contribution >= 4 is 5.71 Å². The Morgan fingerprint density at radius 2 is 1.88 bits per heavy atom. The molecule has 0 aliphatic carbocycles. The Hall–Kier alpha value is -1.71. The highest BCUT2D eigenvalue weighted by Crippen LogP contribution is 2.29.